The fourth-order valence-electron chi connectivity index (χ4n) is 2.54. The predicted octanol–water partition coefficient (Wildman–Crippen LogP) is 2.14. The molecule has 0 spiro atoms. The molecule has 0 bridgehead atoms. The number of ether oxygens (including phenoxy) is 1. The number of hydrogen-bond acceptors (Lipinski definition) is 3. The van der Waals surface area contributed by atoms with E-state index in [2.05, 4.69) is 12.2 Å². The molecule has 0 radical (unpaired) electrons. The second-order valence-electron chi connectivity index (χ2n) is 5.37. The summed E-state index contributed by atoms with van der Waals surface area (Å²) < 4.78 is 5.15. The molecular formula is C15H23N3O2. The number of carbonyl (C=O) groups is 1. The van der Waals surface area contributed by atoms with Gasteiger partial charge in [-0.1, -0.05) is 13.0 Å². The van der Waals surface area contributed by atoms with Gasteiger partial charge in [-0.3, -0.25) is 0 Å². The largest absolute Gasteiger partial charge is 0.497 e. The van der Waals surface area contributed by atoms with Gasteiger partial charge in [-0.15, -0.1) is 0 Å². The van der Waals surface area contributed by atoms with Gasteiger partial charge < -0.3 is 20.7 Å². The van der Waals surface area contributed by atoms with Crippen molar-refractivity contribution in [2.75, 3.05) is 32.1 Å². The van der Waals surface area contributed by atoms with Crippen molar-refractivity contribution in [2.45, 2.75) is 13.3 Å². The van der Waals surface area contributed by atoms with Crippen LogP contribution in [0.15, 0.2) is 24.3 Å². The maximum atomic E-state index is 12.3. The molecule has 2 rings (SSSR count). The Morgan fingerprint density at radius 3 is 3.05 bits per heavy atom. The molecular weight excluding hydrogens is 254 g/mol. The summed E-state index contributed by atoms with van der Waals surface area (Å²) in [6.07, 6.45) is 1.01. The zero-order valence-corrected chi connectivity index (χ0v) is 12.1. The second kappa shape index (κ2) is 6.61. The number of benzene rings is 1. The molecule has 110 valence electrons. The molecule has 0 aromatic heterocycles. The van der Waals surface area contributed by atoms with E-state index in [1.807, 2.05) is 29.2 Å². The summed E-state index contributed by atoms with van der Waals surface area (Å²) in [6.45, 7) is 4.35. The highest BCUT2D eigenvalue weighted by molar-refractivity contribution is 5.89. The van der Waals surface area contributed by atoms with Gasteiger partial charge in [0.25, 0.3) is 0 Å². The standard InChI is InChI=1S/C15H23N3O2/c1-11-6-7-18(10-12(11)9-16)15(19)17-13-4-3-5-14(8-13)20-2/h3-5,8,11-12H,6-7,9-10,16H2,1-2H3,(H,17,19). The van der Waals surface area contributed by atoms with E-state index in [-0.39, 0.29) is 6.03 Å². The molecule has 2 unspecified atom stereocenters. The van der Waals surface area contributed by atoms with E-state index in [4.69, 9.17) is 10.5 Å². The summed E-state index contributed by atoms with van der Waals surface area (Å²) in [7, 11) is 1.61. The number of nitrogens with one attached hydrogen (secondary N) is 1. The topological polar surface area (TPSA) is 67.6 Å². The molecule has 1 saturated heterocycles. The maximum absolute atomic E-state index is 12.3. The van der Waals surface area contributed by atoms with Gasteiger partial charge >= 0.3 is 6.03 Å². The van der Waals surface area contributed by atoms with E-state index in [1.54, 1.807) is 7.11 Å². The first-order valence-electron chi connectivity index (χ1n) is 7.04. The highest BCUT2D eigenvalue weighted by Crippen LogP contribution is 2.23. The number of urea groups is 1. The van der Waals surface area contributed by atoms with Gasteiger partial charge in [-0.2, -0.15) is 0 Å². The summed E-state index contributed by atoms with van der Waals surface area (Å²) in [5.74, 6) is 1.70. The van der Waals surface area contributed by atoms with Crippen LogP contribution in [-0.2, 0) is 0 Å². The average molecular weight is 277 g/mol. The Labute approximate surface area is 120 Å². The second-order valence-corrected chi connectivity index (χ2v) is 5.37. The molecule has 1 aromatic rings. The van der Waals surface area contributed by atoms with Crippen molar-refractivity contribution < 1.29 is 9.53 Å². The number of nitrogens with zero attached hydrogens (tertiary/aromatic N) is 1. The van der Waals surface area contributed by atoms with Gasteiger partial charge in [0.05, 0.1) is 7.11 Å². The molecule has 1 aliphatic rings. The van der Waals surface area contributed by atoms with Crippen LogP contribution < -0.4 is 15.8 Å². The summed E-state index contributed by atoms with van der Waals surface area (Å²) in [6, 6.07) is 7.31. The Morgan fingerprint density at radius 1 is 1.55 bits per heavy atom. The third-order valence-corrected chi connectivity index (χ3v) is 4.02. The molecule has 1 aliphatic heterocycles. The van der Waals surface area contributed by atoms with Crippen LogP contribution in [0, 0.1) is 11.8 Å². The lowest BCUT2D eigenvalue weighted by atomic mass is 9.87. The number of piperidine rings is 1. The fraction of sp³-hybridized carbons (Fsp3) is 0.533. The molecule has 1 aromatic carbocycles. The van der Waals surface area contributed by atoms with Gasteiger partial charge in [-0.25, -0.2) is 4.79 Å². The quantitative estimate of drug-likeness (QED) is 0.889. The minimum atomic E-state index is -0.0661. The van der Waals surface area contributed by atoms with E-state index < -0.39 is 0 Å². The van der Waals surface area contributed by atoms with E-state index in [1.165, 1.54) is 0 Å². The zero-order chi connectivity index (χ0) is 14.5. The molecule has 0 saturated carbocycles. The van der Waals surface area contributed by atoms with Gasteiger partial charge in [0, 0.05) is 24.8 Å². The van der Waals surface area contributed by atoms with Crippen molar-refractivity contribution in [1.29, 1.82) is 0 Å². The molecule has 3 N–H and O–H groups in total. The van der Waals surface area contributed by atoms with E-state index >= 15 is 0 Å². The Morgan fingerprint density at radius 2 is 2.35 bits per heavy atom. The summed E-state index contributed by atoms with van der Waals surface area (Å²) >= 11 is 0. The van der Waals surface area contributed by atoms with Gasteiger partial charge in [0.2, 0.25) is 0 Å². The van der Waals surface area contributed by atoms with Gasteiger partial charge in [0.1, 0.15) is 5.75 Å². The molecule has 5 nitrogen and oxygen atoms in total. The van der Waals surface area contributed by atoms with Crippen LogP contribution in [0.4, 0.5) is 10.5 Å². The maximum Gasteiger partial charge on any atom is 0.321 e. The Hall–Kier alpha value is -1.75. The van der Waals surface area contributed by atoms with Crippen LogP contribution in [0.2, 0.25) is 0 Å². The Kier molecular flexibility index (Phi) is 4.84. The first-order chi connectivity index (χ1) is 9.63. The van der Waals surface area contributed by atoms with E-state index in [0.717, 1.165) is 30.9 Å². The van der Waals surface area contributed by atoms with Crippen LogP contribution in [0.25, 0.3) is 0 Å². The molecule has 2 amide bonds. The molecule has 2 atom stereocenters. The minimum absolute atomic E-state index is 0.0661. The van der Waals surface area contributed by atoms with Crippen LogP contribution in [0.1, 0.15) is 13.3 Å². The number of rotatable bonds is 3. The van der Waals surface area contributed by atoms with Crippen LogP contribution in [-0.4, -0.2) is 37.7 Å². The lowest BCUT2D eigenvalue weighted by Gasteiger charge is -2.36. The summed E-state index contributed by atoms with van der Waals surface area (Å²) in [5.41, 5.74) is 6.52. The van der Waals surface area contributed by atoms with Crippen molar-refractivity contribution in [3.63, 3.8) is 0 Å². The van der Waals surface area contributed by atoms with E-state index in [0.29, 0.717) is 18.4 Å². The number of likely N-dealkylation sites (tertiary alicyclic amines) is 1. The molecule has 1 heterocycles. The monoisotopic (exact) mass is 277 g/mol. The Bertz CT molecular complexity index is 464. The van der Waals surface area contributed by atoms with Crippen molar-refractivity contribution >= 4 is 11.7 Å². The minimum Gasteiger partial charge on any atom is -0.497 e. The fourth-order valence-corrected chi connectivity index (χ4v) is 2.54. The lowest BCUT2D eigenvalue weighted by molar-refractivity contribution is 0.149. The number of nitrogens with two attached hydrogens (primary N) is 1. The number of hydrogen-bond donors (Lipinski definition) is 2. The predicted molar refractivity (Wildman–Crippen MR) is 79.9 cm³/mol. The number of methoxy groups -OCH3 is 1. The number of carbonyl (C=O) groups excluding carboxylic acids is 1. The molecule has 5 heteroatoms. The SMILES string of the molecule is COc1cccc(NC(=O)N2CCC(C)C(CN)C2)c1. The summed E-state index contributed by atoms with van der Waals surface area (Å²) in [4.78, 5) is 14.1. The van der Waals surface area contributed by atoms with Crippen molar-refractivity contribution in [1.82, 2.24) is 4.90 Å². The van der Waals surface area contributed by atoms with Crippen molar-refractivity contribution in [3.05, 3.63) is 24.3 Å². The van der Waals surface area contributed by atoms with Crippen LogP contribution in [0.3, 0.4) is 0 Å². The smallest absolute Gasteiger partial charge is 0.321 e. The molecule has 20 heavy (non-hydrogen) atoms. The average Bonchev–Trinajstić information content (AvgIpc) is 2.47. The molecule has 1 fully saturated rings. The third kappa shape index (κ3) is 3.42. The van der Waals surface area contributed by atoms with Crippen LogP contribution >= 0.6 is 0 Å². The van der Waals surface area contributed by atoms with Gasteiger partial charge in [-0.05, 0) is 36.9 Å². The van der Waals surface area contributed by atoms with Crippen molar-refractivity contribution in [2.24, 2.45) is 17.6 Å². The number of anilines is 1. The highest BCUT2D eigenvalue weighted by atomic mass is 16.5. The third-order valence-electron chi connectivity index (χ3n) is 4.02. The molecule has 0 aliphatic carbocycles. The van der Waals surface area contributed by atoms with Crippen LogP contribution in [0.5, 0.6) is 5.75 Å². The van der Waals surface area contributed by atoms with Crippen molar-refractivity contribution in [3.8, 4) is 5.75 Å². The van der Waals surface area contributed by atoms with E-state index in [9.17, 15) is 4.79 Å². The highest BCUT2D eigenvalue weighted by Gasteiger charge is 2.27. The zero-order valence-electron chi connectivity index (χ0n) is 12.1. The normalized spacial score (nSPS) is 22.4. The lowest BCUT2D eigenvalue weighted by Crippen LogP contribution is -2.47. The first-order valence-corrected chi connectivity index (χ1v) is 7.04. The Balaban J connectivity index is 1.97. The first kappa shape index (κ1) is 14.7. The summed E-state index contributed by atoms with van der Waals surface area (Å²) in [5, 5.41) is 2.91. The number of amides is 2. The van der Waals surface area contributed by atoms with Gasteiger partial charge in [0.15, 0.2) is 0 Å².